The molecule has 0 unspecified atom stereocenters. The second-order valence-electron chi connectivity index (χ2n) is 2.41. The molecule has 1 aliphatic rings. The zero-order valence-electron chi connectivity index (χ0n) is 6.76. The van der Waals surface area contributed by atoms with E-state index in [4.69, 9.17) is 0 Å². The Bertz CT molecular complexity index is 230. The Hall–Kier alpha value is -1.12. The zero-order chi connectivity index (χ0) is 8.43. The summed E-state index contributed by atoms with van der Waals surface area (Å²) in [6, 6.07) is 0. The van der Waals surface area contributed by atoms with Crippen LogP contribution < -0.4 is 0 Å². The van der Waals surface area contributed by atoms with Crippen LogP contribution in [-0.4, -0.2) is 23.3 Å². The smallest absolute Gasteiger partial charge is 0.256 e. The topological polar surface area (TPSA) is 37.4 Å². The van der Waals surface area contributed by atoms with E-state index in [1.54, 1.807) is 6.92 Å². The van der Waals surface area contributed by atoms with Gasteiger partial charge in [0.15, 0.2) is 0 Å². The largest absolute Gasteiger partial charge is 0.275 e. The minimum atomic E-state index is -0.172. The molecule has 0 aliphatic carbocycles. The highest BCUT2D eigenvalue weighted by atomic mass is 16.2. The minimum Gasteiger partial charge on any atom is -0.275 e. The normalized spacial score (nSPS) is 17.6. The molecule has 0 atom stereocenters. The highest BCUT2D eigenvalue weighted by Crippen LogP contribution is 2.14. The summed E-state index contributed by atoms with van der Waals surface area (Å²) >= 11 is 0. The van der Waals surface area contributed by atoms with Crippen LogP contribution in [0.3, 0.4) is 0 Å². The lowest BCUT2D eigenvalue weighted by molar-refractivity contribution is -0.136. The van der Waals surface area contributed by atoms with Crippen molar-refractivity contribution in [3.05, 3.63) is 11.6 Å². The SMILES string of the molecule is CCC1=CC(=O)N(CC)C1=O. The van der Waals surface area contributed by atoms with E-state index in [9.17, 15) is 9.59 Å². The van der Waals surface area contributed by atoms with Crippen LogP contribution in [-0.2, 0) is 9.59 Å². The van der Waals surface area contributed by atoms with Crippen LogP contribution in [0.25, 0.3) is 0 Å². The van der Waals surface area contributed by atoms with Crippen LogP contribution in [0, 0.1) is 0 Å². The van der Waals surface area contributed by atoms with Crippen molar-refractivity contribution < 1.29 is 9.59 Å². The van der Waals surface area contributed by atoms with Gasteiger partial charge in [-0.25, -0.2) is 0 Å². The molecule has 3 nitrogen and oxygen atoms in total. The second kappa shape index (κ2) is 2.86. The van der Waals surface area contributed by atoms with E-state index in [2.05, 4.69) is 0 Å². The van der Waals surface area contributed by atoms with Crippen molar-refractivity contribution >= 4 is 11.8 Å². The molecule has 11 heavy (non-hydrogen) atoms. The summed E-state index contributed by atoms with van der Waals surface area (Å²) in [4.78, 5) is 23.5. The predicted molar refractivity (Wildman–Crippen MR) is 40.8 cm³/mol. The van der Waals surface area contributed by atoms with Crippen molar-refractivity contribution in [1.82, 2.24) is 4.90 Å². The second-order valence-corrected chi connectivity index (χ2v) is 2.41. The molecule has 0 aromatic rings. The van der Waals surface area contributed by atoms with E-state index in [0.717, 1.165) is 0 Å². The van der Waals surface area contributed by atoms with Crippen molar-refractivity contribution in [2.75, 3.05) is 6.54 Å². The number of rotatable bonds is 2. The van der Waals surface area contributed by atoms with Gasteiger partial charge in [0.2, 0.25) is 0 Å². The van der Waals surface area contributed by atoms with Gasteiger partial charge >= 0.3 is 0 Å². The van der Waals surface area contributed by atoms with Crippen molar-refractivity contribution in [1.29, 1.82) is 0 Å². The maximum atomic E-state index is 11.2. The average Bonchev–Trinajstić information content (AvgIpc) is 2.26. The number of likely N-dealkylation sites (N-methyl/N-ethyl adjacent to an activating group) is 1. The highest BCUT2D eigenvalue weighted by Gasteiger charge is 2.27. The third-order valence-corrected chi connectivity index (χ3v) is 1.78. The molecule has 60 valence electrons. The molecule has 0 N–H and O–H groups in total. The summed E-state index contributed by atoms with van der Waals surface area (Å²) in [7, 11) is 0. The van der Waals surface area contributed by atoms with Gasteiger partial charge in [-0.05, 0) is 13.3 Å². The van der Waals surface area contributed by atoms with Crippen LogP contribution in [0.1, 0.15) is 20.3 Å². The average molecular weight is 153 g/mol. The fourth-order valence-electron chi connectivity index (χ4n) is 1.11. The van der Waals surface area contributed by atoms with E-state index in [1.165, 1.54) is 11.0 Å². The summed E-state index contributed by atoms with van der Waals surface area (Å²) in [6.45, 7) is 4.14. The van der Waals surface area contributed by atoms with Gasteiger partial charge < -0.3 is 0 Å². The van der Waals surface area contributed by atoms with Crippen LogP contribution in [0.5, 0.6) is 0 Å². The Morgan fingerprint density at radius 1 is 1.36 bits per heavy atom. The van der Waals surface area contributed by atoms with Crippen LogP contribution in [0.15, 0.2) is 11.6 Å². The molecule has 0 bridgehead atoms. The first-order valence-electron chi connectivity index (χ1n) is 3.77. The molecular weight excluding hydrogens is 142 g/mol. The Labute approximate surface area is 65.7 Å². The molecule has 1 heterocycles. The maximum Gasteiger partial charge on any atom is 0.256 e. The van der Waals surface area contributed by atoms with E-state index in [1.807, 2.05) is 6.92 Å². The fourth-order valence-corrected chi connectivity index (χ4v) is 1.11. The van der Waals surface area contributed by atoms with Gasteiger partial charge in [-0.2, -0.15) is 0 Å². The number of hydrogen-bond acceptors (Lipinski definition) is 2. The van der Waals surface area contributed by atoms with Gasteiger partial charge in [0, 0.05) is 18.2 Å². The van der Waals surface area contributed by atoms with Crippen molar-refractivity contribution in [2.45, 2.75) is 20.3 Å². The lowest BCUT2D eigenvalue weighted by Crippen LogP contribution is -2.30. The van der Waals surface area contributed by atoms with Gasteiger partial charge in [0.25, 0.3) is 11.8 Å². The molecule has 0 fully saturated rings. The monoisotopic (exact) mass is 153 g/mol. The van der Waals surface area contributed by atoms with Crippen molar-refractivity contribution in [3.63, 3.8) is 0 Å². The summed E-state index contributed by atoms with van der Waals surface area (Å²) < 4.78 is 0. The Morgan fingerprint density at radius 2 is 2.00 bits per heavy atom. The van der Waals surface area contributed by atoms with E-state index < -0.39 is 0 Å². The van der Waals surface area contributed by atoms with Gasteiger partial charge in [-0.1, -0.05) is 6.92 Å². The molecule has 0 aromatic carbocycles. The molecule has 0 radical (unpaired) electrons. The van der Waals surface area contributed by atoms with Crippen LogP contribution in [0.4, 0.5) is 0 Å². The number of hydrogen-bond donors (Lipinski definition) is 0. The van der Waals surface area contributed by atoms with E-state index in [-0.39, 0.29) is 11.8 Å². The molecule has 0 saturated heterocycles. The summed E-state index contributed by atoms with van der Waals surface area (Å²) in [5, 5.41) is 0. The quantitative estimate of drug-likeness (QED) is 0.548. The zero-order valence-corrected chi connectivity index (χ0v) is 6.76. The fraction of sp³-hybridized carbons (Fsp3) is 0.500. The molecule has 0 aromatic heterocycles. The third-order valence-electron chi connectivity index (χ3n) is 1.78. The van der Waals surface area contributed by atoms with Crippen molar-refractivity contribution in [3.8, 4) is 0 Å². The Balaban J connectivity index is 2.84. The highest BCUT2D eigenvalue weighted by molar-refractivity contribution is 6.16. The van der Waals surface area contributed by atoms with E-state index in [0.29, 0.717) is 18.5 Å². The van der Waals surface area contributed by atoms with Gasteiger partial charge in [0.05, 0.1) is 0 Å². The number of imide groups is 1. The third kappa shape index (κ3) is 1.18. The number of carbonyl (C=O) groups excluding carboxylic acids is 2. The summed E-state index contributed by atoms with van der Waals surface area (Å²) in [6.07, 6.45) is 2.06. The number of nitrogens with zero attached hydrogens (tertiary/aromatic N) is 1. The molecule has 1 aliphatic heterocycles. The van der Waals surface area contributed by atoms with Gasteiger partial charge in [-0.15, -0.1) is 0 Å². The minimum absolute atomic E-state index is 0.125. The molecule has 0 saturated carbocycles. The summed E-state index contributed by atoms with van der Waals surface area (Å²) in [5.41, 5.74) is 0.622. The molecule has 1 rings (SSSR count). The lowest BCUT2D eigenvalue weighted by atomic mass is 10.2. The first-order valence-corrected chi connectivity index (χ1v) is 3.77. The predicted octanol–water partition coefficient (Wildman–Crippen LogP) is 0.712. The van der Waals surface area contributed by atoms with Gasteiger partial charge in [0.1, 0.15) is 0 Å². The Morgan fingerprint density at radius 3 is 2.27 bits per heavy atom. The lowest BCUT2D eigenvalue weighted by Gasteiger charge is -2.10. The standard InChI is InChI=1S/C8H11NO2/c1-3-6-5-7(10)9(4-2)8(6)11/h5H,3-4H2,1-2H3. The number of amides is 2. The number of carbonyl (C=O) groups is 2. The van der Waals surface area contributed by atoms with Crippen LogP contribution in [0.2, 0.25) is 0 Å². The Kier molecular flexibility index (Phi) is 2.08. The molecular formula is C8H11NO2. The van der Waals surface area contributed by atoms with Crippen LogP contribution >= 0.6 is 0 Å². The molecule has 0 spiro atoms. The molecule has 2 amide bonds. The van der Waals surface area contributed by atoms with Gasteiger partial charge in [-0.3, -0.25) is 14.5 Å². The van der Waals surface area contributed by atoms with E-state index >= 15 is 0 Å². The molecule has 3 heteroatoms. The first-order chi connectivity index (χ1) is 5.20. The summed E-state index contributed by atoms with van der Waals surface area (Å²) in [5.74, 6) is -0.297. The first kappa shape index (κ1) is 7.98. The van der Waals surface area contributed by atoms with Crippen molar-refractivity contribution in [2.24, 2.45) is 0 Å². The maximum absolute atomic E-state index is 11.2.